The van der Waals surface area contributed by atoms with Gasteiger partial charge < -0.3 is 15.0 Å². The Morgan fingerprint density at radius 2 is 1.79 bits per heavy atom. The van der Waals surface area contributed by atoms with E-state index in [1.165, 1.54) is 0 Å². The first-order valence-electron chi connectivity index (χ1n) is 9.16. The van der Waals surface area contributed by atoms with Crippen LogP contribution in [0.3, 0.4) is 0 Å². The molecule has 3 aromatic carbocycles. The van der Waals surface area contributed by atoms with E-state index in [2.05, 4.69) is 5.32 Å². The predicted molar refractivity (Wildman–Crippen MR) is 112 cm³/mol. The molecule has 0 bridgehead atoms. The molecule has 0 aliphatic carbocycles. The molecule has 1 N–H and O–H groups in total. The second kappa shape index (κ2) is 7.97. The third kappa shape index (κ3) is 3.82. The lowest BCUT2D eigenvalue weighted by atomic mass is 9.95. The van der Waals surface area contributed by atoms with Gasteiger partial charge in [0.15, 0.2) is 0 Å². The normalized spacial score (nSPS) is 15.9. The Morgan fingerprint density at radius 3 is 2.48 bits per heavy atom. The van der Waals surface area contributed by atoms with E-state index in [1.807, 2.05) is 30.3 Å². The van der Waals surface area contributed by atoms with Crippen LogP contribution in [0, 0.1) is 0 Å². The van der Waals surface area contributed by atoms with Gasteiger partial charge in [0.05, 0.1) is 13.2 Å². The highest BCUT2D eigenvalue weighted by atomic mass is 35.5. The molecule has 1 atom stereocenters. The molecule has 0 saturated heterocycles. The van der Waals surface area contributed by atoms with E-state index in [4.69, 9.17) is 16.3 Å². The van der Waals surface area contributed by atoms with Crippen LogP contribution in [0.5, 0.6) is 5.75 Å². The average molecular weight is 407 g/mol. The van der Waals surface area contributed by atoms with Crippen molar-refractivity contribution in [2.24, 2.45) is 0 Å². The van der Waals surface area contributed by atoms with Gasteiger partial charge in [-0.25, -0.2) is 0 Å². The van der Waals surface area contributed by atoms with Gasteiger partial charge in [-0.15, -0.1) is 0 Å². The Bertz CT molecular complexity index is 1050. The molecule has 1 heterocycles. The summed E-state index contributed by atoms with van der Waals surface area (Å²) < 4.78 is 5.18. The van der Waals surface area contributed by atoms with E-state index in [0.29, 0.717) is 22.0 Å². The molecule has 146 valence electrons. The standard InChI is InChI=1S/C23H19ClN2O3/c1-29-18-10-7-16(8-11-18)23(28)26-14-21(27)25-20-12-9-17(24)13-19(20)22(26)15-5-3-2-4-6-15/h2-13,22H,14H2,1H3,(H,25,27). The van der Waals surface area contributed by atoms with Crippen molar-refractivity contribution in [1.82, 2.24) is 4.90 Å². The zero-order valence-corrected chi connectivity index (χ0v) is 16.5. The summed E-state index contributed by atoms with van der Waals surface area (Å²) in [5.41, 5.74) is 2.80. The second-order valence-corrected chi connectivity index (χ2v) is 7.19. The summed E-state index contributed by atoms with van der Waals surface area (Å²) in [5.74, 6) is 0.158. The zero-order chi connectivity index (χ0) is 20.4. The SMILES string of the molecule is COc1ccc(C(=O)N2CC(=O)Nc3ccc(Cl)cc3C2c2ccccc2)cc1. The van der Waals surface area contributed by atoms with Crippen LogP contribution in [0.25, 0.3) is 0 Å². The number of nitrogens with one attached hydrogen (secondary N) is 1. The van der Waals surface area contributed by atoms with Gasteiger partial charge in [0.1, 0.15) is 12.3 Å². The van der Waals surface area contributed by atoms with Gasteiger partial charge in [0, 0.05) is 21.8 Å². The number of rotatable bonds is 3. The van der Waals surface area contributed by atoms with E-state index in [9.17, 15) is 9.59 Å². The molecule has 1 aliphatic rings. The second-order valence-electron chi connectivity index (χ2n) is 6.75. The third-order valence-corrected chi connectivity index (χ3v) is 5.16. The number of fused-ring (bicyclic) bond motifs is 1. The number of anilines is 1. The molecule has 2 amide bonds. The van der Waals surface area contributed by atoms with Crippen molar-refractivity contribution in [1.29, 1.82) is 0 Å². The van der Waals surface area contributed by atoms with Gasteiger partial charge in [-0.05, 0) is 48.0 Å². The summed E-state index contributed by atoms with van der Waals surface area (Å²) in [5, 5.41) is 3.43. The number of nitrogens with zero attached hydrogens (tertiary/aromatic N) is 1. The van der Waals surface area contributed by atoms with Gasteiger partial charge >= 0.3 is 0 Å². The minimum atomic E-state index is -0.460. The highest BCUT2D eigenvalue weighted by Crippen LogP contribution is 2.38. The topological polar surface area (TPSA) is 58.6 Å². The van der Waals surface area contributed by atoms with Crippen LogP contribution in [-0.4, -0.2) is 30.4 Å². The number of hydrogen-bond donors (Lipinski definition) is 1. The van der Waals surface area contributed by atoms with Crippen LogP contribution >= 0.6 is 11.6 Å². The number of halogens is 1. The van der Waals surface area contributed by atoms with E-state index in [1.54, 1.807) is 54.5 Å². The van der Waals surface area contributed by atoms with Crippen LogP contribution < -0.4 is 10.1 Å². The van der Waals surface area contributed by atoms with Gasteiger partial charge in [0.2, 0.25) is 5.91 Å². The number of benzene rings is 3. The van der Waals surface area contributed by atoms with Crippen LogP contribution in [0.2, 0.25) is 5.02 Å². The van der Waals surface area contributed by atoms with E-state index >= 15 is 0 Å². The number of carbonyl (C=O) groups is 2. The molecule has 1 aliphatic heterocycles. The van der Waals surface area contributed by atoms with Crippen molar-refractivity contribution in [3.8, 4) is 5.75 Å². The molecule has 0 aromatic heterocycles. The molecule has 29 heavy (non-hydrogen) atoms. The van der Waals surface area contributed by atoms with Crippen molar-refractivity contribution in [2.75, 3.05) is 19.0 Å². The number of hydrogen-bond acceptors (Lipinski definition) is 3. The van der Waals surface area contributed by atoms with Crippen LogP contribution in [0.1, 0.15) is 27.5 Å². The summed E-state index contributed by atoms with van der Waals surface area (Å²) in [6, 6.07) is 21.3. The highest BCUT2D eigenvalue weighted by molar-refractivity contribution is 6.30. The van der Waals surface area contributed by atoms with Crippen molar-refractivity contribution in [3.05, 3.63) is 94.5 Å². The average Bonchev–Trinajstić information content (AvgIpc) is 2.89. The number of amides is 2. The van der Waals surface area contributed by atoms with E-state index in [-0.39, 0.29) is 18.4 Å². The lowest BCUT2D eigenvalue weighted by molar-refractivity contribution is -0.117. The molecule has 0 spiro atoms. The summed E-state index contributed by atoms with van der Waals surface area (Å²) in [6.45, 7) is -0.0727. The quantitative estimate of drug-likeness (QED) is 0.695. The van der Waals surface area contributed by atoms with E-state index in [0.717, 1.165) is 11.1 Å². The number of methoxy groups -OCH3 is 1. The lowest BCUT2D eigenvalue weighted by Crippen LogP contribution is -2.38. The molecule has 1 unspecified atom stereocenters. The Balaban J connectivity index is 1.85. The molecular formula is C23H19ClN2O3. The van der Waals surface area contributed by atoms with Crippen molar-refractivity contribution < 1.29 is 14.3 Å². The van der Waals surface area contributed by atoms with Crippen LogP contribution in [0.4, 0.5) is 5.69 Å². The first kappa shape index (κ1) is 19.0. The molecule has 3 aromatic rings. The summed E-state index contributed by atoms with van der Waals surface area (Å²) in [7, 11) is 1.57. The number of ether oxygens (including phenoxy) is 1. The van der Waals surface area contributed by atoms with Gasteiger partial charge in [-0.3, -0.25) is 9.59 Å². The maximum Gasteiger partial charge on any atom is 0.255 e. The minimum absolute atomic E-state index is 0.0727. The maximum atomic E-state index is 13.4. The summed E-state index contributed by atoms with van der Waals surface area (Å²) in [4.78, 5) is 27.6. The van der Waals surface area contributed by atoms with E-state index < -0.39 is 6.04 Å². The van der Waals surface area contributed by atoms with Crippen LogP contribution in [0.15, 0.2) is 72.8 Å². The van der Waals surface area contributed by atoms with Crippen molar-refractivity contribution in [2.45, 2.75) is 6.04 Å². The molecule has 6 heteroatoms. The fourth-order valence-electron chi connectivity index (χ4n) is 3.56. The molecule has 0 fully saturated rings. The lowest BCUT2D eigenvalue weighted by Gasteiger charge is -2.30. The smallest absolute Gasteiger partial charge is 0.255 e. The first-order valence-corrected chi connectivity index (χ1v) is 9.54. The molecule has 0 radical (unpaired) electrons. The van der Waals surface area contributed by atoms with Gasteiger partial charge in [0.25, 0.3) is 5.91 Å². The third-order valence-electron chi connectivity index (χ3n) is 4.92. The first-order chi connectivity index (χ1) is 14.1. The number of carbonyl (C=O) groups excluding carboxylic acids is 2. The summed E-state index contributed by atoms with van der Waals surface area (Å²) in [6.07, 6.45) is 0. The Kier molecular flexibility index (Phi) is 5.23. The summed E-state index contributed by atoms with van der Waals surface area (Å²) >= 11 is 6.27. The zero-order valence-electron chi connectivity index (χ0n) is 15.8. The molecule has 5 nitrogen and oxygen atoms in total. The molecule has 4 rings (SSSR count). The molecular weight excluding hydrogens is 388 g/mol. The predicted octanol–water partition coefficient (Wildman–Crippen LogP) is 4.53. The molecule has 0 saturated carbocycles. The van der Waals surface area contributed by atoms with Crippen LogP contribution in [-0.2, 0) is 4.79 Å². The Morgan fingerprint density at radius 1 is 1.07 bits per heavy atom. The van der Waals surface area contributed by atoms with Gasteiger partial charge in [-0.2, -0.15) is 0 Å². The van der Waals surface area contributed by atoms with Crippen molar-refractivity contribution >= 4 is 29.1 Å². The Labute approximate surface area is 173 Å². The monoisotopic (exact) mass is 406 g/mol. The fourth-order valence-corrected chi connectivity index (χ4v) is 3.74. The van der Waals surface area contributed by atoms with Crippen molar-refractivity contribution in [3.63, 3.8) is 0 Å². The fraction of sp³-hybridized carbons (Fsp3) is 0.130. The largest absolute Gasteiger partial charge is 0.497 e. The highest BCUT2D eigenvalue weighted by Gasteiger charge is 2.34. The Hall–Kier alpha value is -3.31. The minimum Gasteiger partial charge on any atom is -0.497 e. The maximum absolute atomic E-state index is 13.4. The van der Waals surface area contributed by atoms with Gasteiger partial charge in [-0.1, -0.05) is 41.9 Å².